The fourth-order valence-electron chi connectivity index (χ4n) is 4.74. The molecule has 5 rings (SSSR count). The van der Waals surface area contributed by atoms with E-state index < -0.39 is 6.29 Å². The zero-order chi connectivity index (χ0) is 15.7. The van der Waals surface area contributed by atoms with E-state index in [0.29, 0.717) is 6.61 Å². The summed E-state index contributed by atoms with van der Waals surface area (Å²) >= 11 is 0. The molecule has 0 radical (unpaired) electrons. The predicted octanol–water partition coefficient (Wildman–Crippen LogP) is 1.42. The van der Waals surface area contributed by atoms with Crippen molar-refractivity contribution in [3.63, 3.8) is 0 Å². The van der Waals surface area contributed by atoms with Gasteiger partial charge < -0.3 is 14.4 Å². The van der Waals surface area contributed by atoms with Gasteiger partial charge in [0.2, 0.25) is 6.29 Å². The monoisotopic (exact) mass is 311 g/mol. The average molecular weight is 311 g/mol. The highest BCUT2D eigenvalue weighted by Crippen LogP contribution is 2.50. The van der Waals surface area contributed by atoms with Crippen LogP contribution in [-0.2, 0) is 19.1 Å². The van der Waals surface area contributed by atoms with Crippen molar-refractivity contribution in [3.8, 4) is 0 Å². The molecule has 6 atom stereocenters. The smallest absolute Gasteiger partial charge is 0.218 e. The number of ketones is 2. The zero-order valence-electron chi connectivity index (χ0n) is 12.7. The Morgan fingerprint density at radius 2 is 2.13 bits per heavy atom. The Hall–Kier alpha value is -1.98. The van der Waals surface area contributed by atoms with Crippen LogP contribution in [0.15, 0.2) is 30.3 Å². The maximum absolute atomic E-state index is 12.8. The van der Waals surface area contributed by atoms with Gasteiger partial charge in [-0.15, -0.1) is 0 Å². The van der Waals surface area contributed by atoms with Crippen LogP contribution in [-0.4, -0.2) is 42.7 Å². The third-order valence-corrected chi connectivity index (χ3v) is 5.57. The summed E-state index contributed by atoms with van der Waals surface area (Å²) in [5, 5.41) is 0. The summed E-state index contributed by atoms with van der Waals surface area (Å²) in [4.78, 5) is 27.4. The number of para-hydroxylation sites is 1. The van der Waals surface area contributed by atoms with Gasteiger partial charge in [-0.1, -0.05) is 30.4 Å². The van der Waals surface area contributed by atoms with E-state index in [1.165, 1.54) is 0 Å². The van der Waals surface area contributed by atoms with E-state index in [1.807, 2.05) is 24.3 Å². The molecule has 0 aromatic heterocycles. The second-order valence-electron chi connectivity index (χ2n) is 6.72. The third-order valence-electron chi connectivity index (χ3n) is 5.57. The highest BCUT2D eigenvalue weighted by molar-refractivity contribution is 5.95. The Labute approximate surface area is 133 Å². The van der Waals surface area contributed by atoms with Gasteiger partial charge in [0.15, 0.2) is 11.6 Å². The molecule has 1 aromatic rings. The number of hydrogen-bond donors (Lipinski definition) is 0. The first kappa shape index (κ1) is 13.5. The van der Waals surface area contributed by atoms with Crippen molar-refractivity contribution in [2.45, 2.75) is 31.4 Å². The summed E-state index contributed by atoms with van der Waals surface area (Å²) in [6, 6.07) is 7.59. The highest BCUT2D eigenvalue weighted by Gasteiger charge is 2.62. The van der Waals surface area contributed by atoms with Crippen molar-refractivity contribution in [3.05, 3.63) is 35.9 Å². The highest BCUT2D eigenvalue weighted by atomic mass is 16.7. The number of ether oxygens (including phenoxy) is 2. The lowest BCUT2D eigenvalue weighted by Crippen LogP contribution is -2.48. The van der Waals surface area contributed by atoms with Crippen LogP contribution >= 0.6 is 0 Å². The maximum atomic E-state index is 12.8. The van der Waals surface area contributed by atoms with Gasteiger partial charge in [0.05, 0.1) is 30.7 Å². The standard InChI is InChI=1S/C18H17NO4/c1-9(20)16-15-13-8-22-18(23-13)17(21)14(15)12-7-6-10-4-2-3-5-11(10)19(12)16/h2-7,12-16,18H,8H2,1H3/t12-,13+,14-,15+,16+,18+/m1/s1. The fraction of sp³-hybridized carbons (Fsp3) is 0.444. The molecule has 2 bridgehead atoms. The van der Waals surface area contributed by atoms with E-state index in [-0.39, 0.29) is 41.6 Å². The molecule has 0 spiro atoms. The molecule has 0 amide bonds. The first-order valence-corrected chi connectivity index (χ1v) is 8.03. The minimum atomic E-state index is -0.751. The van der Waals surface area contributed by atoms with Gasteiger partial charge in [-0.05, 0) is 18.6 Å². The van der Waals surface area contributed by atoms with Gasteiger partial charge in [-0.3, -0.25) is 9.59 Å². The average Bonchev–Trinajstić information content (AvgIpc) is 3.13. The minimum Gasteiger partial charge on any atom is -0.353 e. The number of fused-ring (bicyclic) bond motifs is 8. The van der Waals surface area contributed by atoms with Gasteiger partial charge >= 0.3 is 0 Å². The van der Waals surface area contributed by atoms with Crippen molar-refractivity contribution in [2.24, 2.45) is 11.8 Å². The molecule has 4 aliphatic rings. The minimum absolute atomic E-state index is 0.0217. The quantitative estimate of drug-likeness (QED) is 0.785. The Morgan fingerprint density at radius 1 is 1.30 bits per heavy atom. The molecular weight excluding hydrogens is 294 g/mol. The molecule has 0 unspecified atom stereocenters. The first-order valence-electron chi connectivity index (χ1n) is 8.03. The van der Waals surface area contributed by atoms with Gasteiger partial charge in [0.25, 0.3) is 0 Å². The molecule has 1 aromatic carbocycles. The Balaban J connectivity index is 1.69. The fourth-order valence-corrected chi connectivity index (χ4v) is 4.74. The summed E-state index contributed by atoms with van der Waals surface area (Å²) < 4.78 is 11.2. The van der Waals surface area contributed by atoms with Crippen LogP contribution in [0.4, 0.5) is 5.69 Å². The van der Waals surface area contributed by atoms with Crippen molar-refractivity contribution >= 4 is 23.3 Å². The van der Waals surface area contributed by atoms with Crippen LogP contribution in [0.3, 0.4) is 0 Å². The molecule has 4 heterocycles. The Kier molecular flexibility index (Phi) is 2.65. The second kappa shape index (κ2) is 4.52. The number of Topliss-reactive ketones (excluding diaryl/α,β-unsaturated/α-hetero) is 2. The molecule has 3 fully saturated rings. The molecule has 4 aliphatic heterocycles. The largest absolute Gasteiger partial charge is 0.353 e. The van der Waals surface area contributed by atoms with E-state index in [9.17, 15) is 9.59 Å². The summed E-state index contributed by atoms with van der Waals surface area (Å²) in [6.07, 6.45) is 3.19. The summed E-state index contributed by atoms with van der Waals surface area (Å²) in [6.45, 7) is 2.00. The molecule has 23 heavy (non-hydrogen) atoms. The van der Waals surface area contributed by atoms with E-state index >= 15 is 0 Å². The number of benzene rings is 1. The number of carbonyl (C=O) groups excluding carboxylic acids is 2. The third kappa shape index (κ3) is 1.64. The van der Waals surface area contributed by atoms with Gasteiger partial charge in [0, 0.05) is 11.6 Å². The van der Waals surface area contributed by atoms with E-state index in [0.717, 1.165) is 11.3 Å². The Bertz CT molecular complexity index is 742. The zero-order valence-corrected chi connectivity index (χ0v) is 12.7. The topological polar surface area (TPSA) is 55.8 Å². The van der Waals surface area contributed by atoms with Crippen LogP contribution in [0.25, 0.3) is 6.08 Å². The maximum Gasteiger partial charge on any atom is 0.218 e. The van der Waals surface area contributed by atoms with E-state index in [4.69, 9.17) is 9.47 Å². The van der Waals surface area contributed by atoms with Crippen LogP contribution in [0.2, 0.25) is 0 Å². The van der Waals surface area contributed by atoms with Gasteiger partial charge in [0.1, 0.15) is 0 Å². The van der Waals surface area contributed by atoms with Crippen LogP contribution in [0.5, 0.6) is 0 Å². The molecular formula is C18H17NO4. The normalized spacial score (nSPS) is 39.9. The van der Waals surface area contributed by atoms with Crippen molar-refractivity contribution in [2.75, 3.05) is 11.5 Å². The number of nitrogens with zero attached hydrogens (tertiary/aromatic N) is 1. The van der Waals surface area contributed by atoms with E-state index in [1.54, 1.807) is 6.92 Å². The number of anilines is 1. The first-order chi connectivity index (χ1) is 11.2. The lowest BCUT2D eigenvalue weighted by atomic mass is 9.78. The SMILES string of the molecule is CC(=O)[C@H]1[C@@H]2[C@H](C(=O)[C@H]3OC[C@@H]2O3)[C@H]2C=Cc3ccccc3N21. The number of rotatable bonds is 1. The van der Waals surface area contributed by atoms with Crippen molar-refractivity contribution in [1.29, 1.82) is 0 Å². The Morgan fingerprint density at radius 3 is 2.96 bits per heavy atom. The molecule has 5 nitrogen and oxygen atoms in total. The summed E-state index contributed by atoms with van der Waals surface area (Å²) in [5.41, 5.74) is 2.11. The molecule has 0 aliphatic carbocycles. The summed E-state index contributed by atoms with van der Waals surface area (Å²) in [5.74, 6) is -0.319. The molecule has 0 saturated carbocycles. The van der Waals surface area contributed by atoms with Crippen molar-refractivity contribution in [1.82, 2.24) is 0 Å². The molecule has 5 heteroatoms. The van der Waals surface area contributed by atoms with Crippen LogP contribution < -0.4 is 4.90 Å². The van der Waals surface area contributed by atoms with Gasteiger partial charge in [-0.25, -0.2) is 0 Å². The molecule has 3 saturated heterocycles. The summed E-state index contributed by atoms with van der Waals surface area (Å²) in [7, 11) is 0. The van der Waals surface area contributed by atoms with Crippen molar-refractivity contribution < 1.29 is 19.1 Å². The van der Waals surface area contributed by atoms with Gasteiger partial charge in [-0.2, -0.15) is 0 Å². The van der Waals surface area contributed by atoms with Crippen LogP contribution in [0.1, 0.15) is 12.5 Å². The lowest BCUT2D eigenvalue weighted by Gasteiger charge is -2.35. The predicted molar refractivity (Wildman–Crippen MR) is 82.8 cm³/mol. The number of hydrogen-bond acceptors (Lipinski definition) is 5. The lowest BCUT2D eigenvalue weighted by molar-refractivity contribution is -0.164. The molecule has 118 valence electrons. The van der Waals surface area contributed by atoms with Crippen LogP contribution in [0, 0.1) is 11.8 Å². The molecule has 0 N–H and O–H groups in total. The number of carbonyl (C=O) groups is 2. The second-order valence-corrected chi connectivity index (χ2v) is 6.72. The van der Waals surface area contributed by atoms with E-state index in [2.05, 4.69) is 17.1 Å².